The van der Waals surface area contributed by atoms with Crippen molar-refractivity contribution in [1.29, 1.82) is 0 Å². The van der Waals surface area contributed by atoms with E-state index in [1.807, 2.05) is 18.2 Å². The van der Waals surface area contributed by atoms with Crippen LogP contribution >= 0.6 is 48.0 Å². The van der Waals surface area contributed by atoms with E-state index in [1.165, 1.54) is 16.7 Å². The molecule has 1 N–H and O–H groups in total. The topological polar surface area (TPSA) is 73.0 Å². The van der Waals surface area contributed by atoms with Gasteiger partial charge in [-0.2, -0.15) is 0 Å². The van der Waals surface area contributed by atoms with Crippen LogP contribution in [0.1, 0.15) is 15.9 Å². The van der Waals surface area contributed by atoms with Crippen LogP contribution < -0.4 is 15.1 Å². The zero-order valence-electron chi connectivity index (χ0n) is 21.3. The molecule has 1 heterocycles. The summed E-state index contributed by atoms with van der Waals surface area (Å²) in [6.07, 6.45) is 0. The second-order valence-electron chi connectivity index (χ2n) is 8.80. The summed E-state index contributed by atoms with van der Waals surface area (Å²) >= 11 is 12.4. The molecule has 3 aromatic carbocycles. The van der Waals surface area contributed by atoms with Gasteiger partial charge in [-0.3, -0.25) is 19.3 Å². The number of likely N-dealkylation sites (N-methyl/N-ethyl adjacent to an activating group) is 1. The van der Waals surface area contributed by atoms with Gasteiger partial charge in [0.1, 0.15) is 0 Å². The van der Waals surface area contributed by atoms with Gasteiger partial charge >= 0.3 is 0 Å². The number of nitrogens with zero attached hydrogens (tertiary/aromatic N) is 3. The quantitative estimate of drug-likeness (QED) is 0.364. The van der Waals surface area contributed by atoms with E-state index in [1.54, 1.807) is 43.4 Å². The molecule has 7 nitrogen and oxygen atoms in total. The van der Waals surface area contributed by atoms with Gasteiger partial charge in [0.25, 0.3) is 0 Å². The molecule has 0 bridgehead atoms. The maximum absolute atomic E-state index is 13.2. The SMILES string of the molecule is CN(C(=O)CNC(=O)CN1CCN(c2ccccc2)CC1)c1ccc(Cl)cc1C(=O)c1ccccc1Cl.Cl.Cl. The van der Waals surface area contributed by atoms with Crippen molar-refractivity contribution in [3.63, 3.8) is 0 Å². The highest BCUT2D eigenvalue weighted by molar-refractivity contribution is 6.36. The lowest BCUT2D eigenvalue weighted by molar-refractivity contribution is -0.125. The summed E-state index contributed by atoms with van der Waals surface area (Å²) in [5.41, 5.74) is 2.12. The van der Waals surface area contributed by atoms with Gasteiger partial charge in [-0.05, 0) is 42.5 Å². The monoisotopic (exact) mass is 610 g/mol. The molecule has 11 heteroatoms. The predicted octanol–water partition coefficient (Wildman–Crippen LogP) is 4.97. The zero-order valence-corrected chi connectivity index (χ0v) is 24.5. The van der Waals surface area contributed by atoms with Crippen molar-refractivity contribution in [3.8, 4) is 0 Å². The fraction of sp³-hybridized carbons (Fsp3) is 0.250. The molecule has 0 unspecified atom stereocenters. The third-order valence-electron chi connectivity index (χ3n) is 6.35. The molecule has 208 valence electrons. The highest BCUT2D eigenvalue weighted by atomic mass is 35.5. The summed E-state index contributed by atoms with van der Waals surface area (Å²) < 4.78 is 0. The van der Waals surface area contributed by atoms with Crippen LogP contribution in [0.15, 0.2) is 72.8 Å². The Balaban J connectivity index is 0.00000267. The Labute approximate surface area is 250 Å². The first-order valence-electron chi connectivity index (χ1n) is 12.0. The summed E-state index contributed by atoms with van der Waals surface area (Å²) in [5.74, 6) is -0.933. The molecule has 39 heavy (non-hydrogen) atoms. The number of carbonyl (C=O) groups is 3. The molecule has 0 saturated carbocycles. The van der Waals surface area contributed by atoms with Crippen LogP contribution in [0.25, 0.3) is 0 Å². The van der Waals surface area contributed by atoms with E-state index >= 15 is 0 Å². The number of nitrogens with one attached hydrogen (secondary N) is 1. The number of halogens is 4. The molecule has 0 radical (unpaired) electrons. The molecular formula is C28H30Cl4N4O3. The van der Waals surface area contributed by atoms with Gasteiger partial charge in [0.2, 0.25) is 11.8 Å². The van der Waals surface area contributed by atoms with Crippen molar-refractivity contribution in [2.24, 2.45) is 0 Å². The zero-order chi connectivity index (χ0) is 26.4. The van der Waals surface area contributed by atoms with E-state index in [-0.39, 0.29) is 61.1 Å². The normalized spacial score (nSPS) is 13.1. The number of benzene rings is 3. The Hall–Kier alpha value is -2.81. The highest BCUT2D eigenvalue weighted by Crippen LogP contribution is 2.28. The van der Waals surface area contributed by atoms with Crippen molar-refractivity contribution < 1.29 is 14.4 Å². The van der Waals surface area contributed by atoms with Crippen LogP contribution in [0.3, 0.4) is 0 Å². The van der Waals surface area contributed by atoms with Gasteiger partial charge in [0.15, 0.2) is 5.78 Å². The van der Waals surface area contributed by atoms with E-state index in [0.717, 1.165) is 26.2 Å². The number of para-hydroxylation sites is 1. The van der Waals surface area contributed by atoms with Gasteiger partial charge in [-0.25, -0.2) is 0 Å². The first-order valence-corrected chi connectivity index (χ1v) is 12.7. The minimum Gasteiger partial charge on any atom is -0.369 e. The minimum atomic E-state index is -0.363. The molecule has 1 fully saturated rings. The van der Waals surface area contributed by atoms with Crippen LogP contribution in [0.4, 0.5) is 11.4 Å². The smallest absolute Gasteiger partial charge is 0.246 e. The number of hydrogen-bond acceptors (Lipinski definition) is 5. The number of anilines is 2. The standard InChI is InChI=1S/C28H28Cl2N4O3.2ClH/c1-32(25-12-11-20(29)17-23(25)28(37)22-9-5-6-10-24(22)30)27(36)18-31-26(35)19-33-13-15-34(16-14-33)21-7-3-2-4-8-21;;/h2-12,17H,13-16,18-19H2,1H3,(H,31,35);2*1H. The molecular weight excluding hydrogens is 582 g/mol. The predicted molar refractivity (Wildman–Crippen MR) is 162 cm³/mol. The van der Waals surface area contributed by atoms with Crippen molar-refractivity contribution in [1.82, 2.24) is 10.2 Å². The molecule has 0 aliphatic carbocycles. The van der Waals surface area contributed by atoms with Gasteiger partial charge in [0, 0.05) is 55.1 Å². The van der Waals surface area contributed by atoms with Gasteiger partial charge in [-0.1, -0.05) is 53.5 Å². The van der Waals surface area contributed by atoms with Crippen molar-refractivity contribution >= 4 is 77.0 Å². The van der Waals surface area contributed by atoms with Crippen LogP contribution in [0.2, 0.25) is 10.0 Å². The Morgan fingerprint density at radius 2 is 1.49 bits per heavy atom. The largest absolute Gasteiger partial charge is 0.369 e. The summed E-state index contributed by atoms with van der Waals surface area (Å²) in [4.78, 5) is 44.4. The van der Waals surface area contributed by atoms with E-state index in [0.29, 0.717) is 21.3 Å². The van der Waals surface area contributed by atoms with Crippen molar-refractivity contribution in [3.05, 3.63) is 94.0 Å². The second-order valence-corrected chi connectivity index (χ2v) is 9.64. The Morgan fingerprint density at radius 3 is 2.15 bits per heavy atom. The third-order valence-corrected chi connectivity index (χ3v) is 6.92. The maximum Gasteiger partial charge on any atom is 0.246 e. The number of piperazine rings is 1. The lowest BCUT2D eigenvalue weighted by Crippen LogP contribution is -2.50. The number of ketones is 1. The molecule has 1 aliphatic heterocycles. The van der Waals surface area contributed by atoms with Gasteiger partial charge in [-0.15, -0.1) is 24.8 Å². The number of rotatable bonds is 8. The second kappa shape index (κ2) is 15.1. The van der Waals surface area contributed by atoms with E-state index in [4.69, 9.17) is 23.2 Å². The molecule has 2 amide bonds. The maximum atomic E-state index is 13.2. The van der Waals surface area contributed by atoms with E-state index in [9.17, 15) is 14.4 Å². The van der Waals surface area contributed by atoms with Crippen molar-refractivity contribution in [2.45, 2.75) is 0 Å². The van der Waals surface area contributed by atoms with Crippen molar-refractivity contribution in [2.75, 3.05) is 56.1 Å². The Bertz CT molecular complexity index is 1280. The first-order chi connectivity index (χ1) is 17.8. The summed E-state index contributed by atoms with van der Waals surface area (Å²) in [5, 5.41) is 3.38. The number of hydrogen-bond donors (Lipinski definition) is 1. The molecule has 1 saturated heterocycles. The van der Waals surface area contributed by atoms with Crippen LogP contribution in [-0.2, 0) is 9.59 Å². The summed E-state index contributed by atoms with van der Waals surface area (Å²) in [6.45, 7) is 3.21. The summed E-state index contributed by atoms with van der Waals surface area (Å²) in [6, 6.07) is 21.6. The van der Waals surface area contributed by atoms with E-state index in [2.05, 4.69) is 27.2 Å². The first kappa shape index (κ1) is 32.4. The molecule has 1 aliphatic rings. The molecule has 0 spiro atoms. The fourth-order valence-corrected chi connectivity index (χ4v) is 4.66. The van der Waals surface area contributed by atoms with Crippen LogP contribution in [0, 0.1) is 0 Å². The lowest BCUT2D eigenvalue weighted by atomic mass is 10.0. The Morgan fingerprint density at radius 1 is 0.846 bits per heavy atom. The van der Waals surface area contributed by atoms with Crippen LogP contribution in [0.5, 0.6) is 0 Å². The van der Waals surface area contributed by atoms with Gasteiger partial charge in [0.05, 0.1) is 23.8 Å². The minimum absolute atomic E-state index is 0. The van der Waals surface area contributed by atoms with Gasteiger partial charge < -0.3 is 15.1 Å². The number of amides is 2. The third kappa shape index (κ3) is 8.34. The lowest BCUT2D eigenvalue weighted by Gasteiger charge is -2.35. The average molecular weight is 612 g/mol. The fourth-order valence-electron chi connectivity index (χ4n) is 4.26. The molecule has 4 rings (SSSR count). The molecule has 3 aromatic rings. The molecule has 0 atom stereocenters. The molecule has 0 aromatic heterocycles. The highest BCUT2D eigenvalue weighted by Gasteiger charge is 2.23. The van der Waals surface area contributed by atoms with E-state index < -0.39 is 0 Å². The Kier molecular flexibility index (Phi) is 12.5. The number of carbonyl (C=O) groups excluding carboxylic acids is 3. The average Bonchev–Trinajstić information content (AvgIpc) is 2.92. The summed E-state index contributed by atoms with van der Waals surface area (Å²) in [7, 11) is 1.56. The van der Waals surface area contributed by atoms with Crippen LogP contribution in [-0.4, -0.2) is 68.8 Å².